The third-order valence-electron chi connectivity index (χ3n) is 4.79. The number of ether oxygens (including phenoxy) is 1. The number of oxime groups is 1. The Morgan fingerprint density at radius 3 is 2.33 bits per heavy atom. The van der Waals surface area contributed by atoms with Gasteiger partial charge < -0.3 is 9.57 Å². The Kier molecular flexibility index (Phi) is 7.32. The highest BCUT2D eigenvalue weighted by Gasteiger charge is 2.62. The second-order valence-corrected chi connectivity index (χ2v) is 10.5. The summed E-state index contributed by atoms with van der Waals surface area (Å²) in [5.74, 6) is -0.228. The maximum absolute atomic E-state index is 14.2. The molecule has 0 radical (unpaired) electrons. The molecule has 0 N–H and O–H groups in total. The molecule has 1 aliphatic heterocycles. The van der Waals surface area contributed by atoms with Crippen LogP contribution in [-0.2, 0) is 20.0 Å². The fourth-order valence-electron chi connectivity index (χ4n) is 3.34. The summed E-state index contributed by atoms with van der Waals surface area (Å²) in [5, 5.41) is 3.92. The first-order chi connectivity index (χ1) is 15.2. The van der Waals surface area contributed by atoms with Crippen LogP contribution in [0.5, 0.6) is 0 Å². The van der Waals surface area contributed by atoms with Gasteiger partial charge in [-0.25, -0.2) is 0 Å². The van der Waals surface area contributed by atoms with E-state index in [1.54, 1.807) is 39.0 Å². The molecule has 0 bridgehead atoms. The van der Waals surface area contributed by atoms with Crippen molar-refractivity contribution in [2.75, 3.05) is 5.75 Å². The lowest BCUT2D eigenvalue weighted by atomic mass is 9.86. The Hall–Kier alpha value is -1.90. The number of hydrogen-bond acceptors (Lipinski definition) is 5. The number of carbonyl (C=O) groups is 1. The first-order valence-corrected chi connectivity index (χ1v) is 11.7. The van der Waals surface area contributed by atoms with E-state index in [2.05, 4.69) is 5.16 Å². The molecule has 33 heavy (non-hydrogen) atoms. The van der Waals surface area contributed by atoms with Crippen molar-refractivity contribution in [3.8, 4) is 0 Å². The molecule has 4 nitrogen and oxygen atoms in total. The minimum Gasteiger partial charge on any atom is -0.459 e. The van der Waals surface area contributed by atoms with E-state index in [-0.39, 0.29) is 33.0 Å². The second-order valence-electron chi connectivity index (χ2n) is 8.64. The maximum atomic E-state index is 14.2. The summed E-state index contributed by atoms with van der Waals surface area (Å²) in [6.07, 6.45) is -5.29. The number of hydrogen-bond donors (Lipinski definition) is 0. The van der Waals surface area contributed by atoms with Crippen LogP contribution < -0.4 is 0 Å². The van der Waals surface area contributed by atoms with Gasteiger partial charge in [0.1, 0.15) is 5.60 Å². The number of rotatable bonds is 5. The van der Waals surface area contributed by atoms with Gasteiger partial charge in [0.05, 0.1) is 11.5 Å². The molecule has 0 aromatic heterocycles. The summed E-state index contributed by atoms with van der Waals surface area (Å²) < 4.78 is 47.8. The van der Waals surface area contributed by atoms with Crippen molar-refractivity contribution in [1.29, 1.82) is 0 Å². The zero-order valence-electron chi connectivity index (χ0n) is 18.3. The molecule has 1 atom stereocenters. The van der Waals surface area contributed by atoms with Crippen molar-refractivity contribution >= 4 is 46.6 Å². The van der Waals surface area contributed by atoms with Crippen LogP contribution in [0.25, 0.3) is 0 Å². The quantitative estimate of drug-likeness (QED) is 0.306. The molecule has 178 valence electrons. The van der Waals surface area contributed by atoms with Crippen molar-refractivity contribution in [3.05, 3.63) is 63.1 Å². The number of aryl methyl sites for hydroxylation is 1. The lowest BCUT2D eigenvalue weighted by Gasteiger charge is -2.29. The first-order valence-electron chi connectivity index (χ1n) is 9.94. The average Bonchev–Trinajstić information content (AvgIpc) is 3.12. The van der Waals surface area contributed by atoms with Crippen molar-refractivity contribution in [2.24, 2.45) is 5.16 Å². The van der Waals surface area contributed by atoms with E-state index in [1.807, 2.05) is 6.92 Å². The minimum atomic E-state index is -4.76. The number of carbonyl (C=O) groups excluding carboxylic acids is 1. The smallest absolute Gasteiger partial charge is 0.435 e. The largest absolute Gasteiger partial charge is 0.459 e. The van der Waals surface area contributed by atoms with Crippen LogP contribution in [-0.4, -0.2) is 29.2 Å². The lowest BCUT2D eigenvalue weighted by molar-refractivity contribution is -0.275. The molecule has 0 fully saturated rings. The number of esters is 1. The maximum Gasteiger partial charge on any atom is 0.435 e. The Morgan fingerprint density at radius 2 is 1.79 bits per heavy atom. The van der Waals surface area contributed by atoms with Gasteiger partial charge in [0, 0.05) is 26.9 Å². The number of nitrogens with zero attached hydrogens (tertiary/aromatic N) is 1. The van der Waals surface area contributed by atoms with Crippen LogP contribution in [0, 0.1) is 6.92 Å². The molecule has 10 heteroatoms. The van der Waals surface area contributed by atoms with E-state index < -0.39 is 23.8 Å². The SMILES string of the molecule is Cc1cc(C2=NOC(c3cc(Cl)cc(Cl)c3)(C(F)(F)F)C2)ccc1SCC(=O)OC(C)(C)C. The molecular weight excluding hydrogens is 498 g/mol. The van der Waals surface area contributed by atoms with Gasteiger partial charge in [-0.15, -0.1) is 11.8 Å². The Bertz CT molecular complexity index is 1080. The summed E-state index contributed by atoms with van der Waals surface area (Å²) in [4.78, 5) is 17.8. The van der Waals surface area contributed by atoms with E-state index >= 15 is 0 Å². The van der Waals surface area contributed by atoms with Gasteiger partial charge in [-0.1, -0.05) is 34.4 Å². The van der Waals surface area contributed by atoms with Crippen molar-refractivity contribution in [3.63, 3.8) is 0 Å². The molecule has 0 spiro atoms. The first kappa shape index (κ1) is 25.7. The molecule has 1 heterocycles. The minimum absolute atomic E-state index is 0.0698. The van der Waals surface area contributed by atoms with Crippen LogP contribution >= 0.6 is 35.0 Å². The van der Waals surface area contributed by atoms with Gasteiger partial charge in [0.2, 0.25) is 0 Å². The fraction of sp³-hybridized carbons (Fsp3) is 0.391. The molecule has 2 aromatic carbocycles. The van der Waals surface area contributed by atoms with E-state index in [0.29, 0.717) is 5.56 Å². The summed E-state index contributed by atoms with van der Waals surface area (Å²) in [5.41, 5.74) is -2.04. The monoisotopic (exact) mass is 519 g/mol. The van der Waals surface area contributed by atoms with Crippen molar-refractivity contribution < 1.29 is 27.5 Å². The Morgan fingerprint density at radius 1 is 1.15 bits per heavy atom. The van der Waals surface area contributed by atoms with Gasteiger partial charge in [-0.3, -0.25) is 4.79 Å². The summed E-state index contributed by atoms with van der Waals surface area (Å²) >= 11 is 13.2. The van der Waals surface area contributed by atoms with Crippen LogP contribution in [0.1, 0.15) is 43.9 Å². The van der Waals surface area contributed by atoms with Gasteiger partial charge in [0.15, 0.2) is 0 Å². The topological polar surface area (TPSA) is 47.9 Å². The third-order valence-corrected chi connectivity index (χ3v) is 6.37. The normalized spacial score (nSPS) is 18.6. The number of halogens is 5. The molecule has 3 rings (SSSR count). The molecule has 0 saturated heterocycles. The van der Waals surface area contributed by atoms with Crippen LogP contribution in [0.3, 0.4) is 0 Å². The summed E-state index contributed by atoms with van der Waals surface area (Å²) in [7, 11) is 0. The van der Waals surface area contributed by atoms with Crippen LogP contribution in [0.2, 0.25) is 10.0 Å². The van der Waals surface area contributed by atoms with E-state index in [1.165, 1.54) is 30.0 Å². The molecule has 1 aliphatic rings. The number of benzene rings is 2. The zero-order valence-corrected chi connectivity index (χ0v) is 20.7. The van der Waals surface area contributed by atoms with Crippen LogP contribution in [0.4, 0.5) is 13.2 Å². The Labute approximate surface area is 204 Å². The van der Waals surface area contributed by atoms with Gasteiger partial charge >= 0.3 is 12.1 Å². The highest BCUT2D eigenvalue weighted by Crippen LogP contribution is 2.49. The number of thioether (sulfide) groups is 1. The highest BCUT2D eigenvalue weighted by molar-refractivity contribution is 8.00. The number of alkyl halides is 3. The summed E-state index contributed by atoms with van der Waals surface area (Å²) in [6.45, 7) is 7.18. The van der Waals surface area contributed by atoms with E-state index in [9.17, 15) is 18.0 Å². The van der Waals surface area contributed by atoms with E-state index in [4.69, 9.17) is 32.8 Å². The fourth-order valence-corrected chi connectivity index (χ4v) is 4.65. The van der Waals surface area contributed by atoms with Gasteiger partial charge in [-0.05, 0) is 69.2 Å². The van der Waals surface area contributed by atoms with Gasteiger partial charge in [-0.2, -0.15) is 13.2 Å². The van der Waals surface area contributed by atoms with Crippen molar-refractivity contribution in [1.82, 2.24) is 0 Å². The highest BCUT2D eigenvalue weighted by atomic mass is 35.5. The lowest BCUT2D eigenvalue weighted by Crippen LogP contribution is -2.42. The predicted molar refractivity (Wildman–Crippen MR) is 124 cm³/mol. The molecule has 0 amide bonds. The molecule has 1 unspecified atom stereocenters. The zero-order chi connectivity index (χ0) is 24.6. The van der Waals surface area contributed by atoms with Crippen molar-refractivity contribution in [2.45, 2.75) is 56.4 Å². The van der Waals surface area contributed by atoms with E-state index in [0.717, 1.165) is 10.5 Å². The van der Waals surface area contributed by atoms with Gasteiger partial charge in [0.25, 0.3) is 5.60 Å². The third kappa shape index (κ3) is 5.97. The molecular formula is C23H22Cl2F3NO3S. The Balaban J connectivity index is 1.80. The van der Waals surface area contributed by atoms with Crippen LogP contribution in [0.15, 0.2) is 46.4 Å². The predicted octanol–water partition coefficient (Wildman–Crippen LogP) is 7.32. The standard InChI is InChI=1S/C23H22Cl2F3NO3S/c1-13-7-14(5-6-19(13)33-12-20(30)31-21(2,3)4)18-11-22(32-29-18,23(26,27)28)15-8-16(24)10-17(25)9-15/h5-10H,11-12H2,1-4H3. The molecule has 2 aromatic rings. The average molecular weight is 520 g/mol. The second kappa shape index (κ2) is 9.39. The summed E-state index contributed by atoms with van der Waals surface area (Å²) in [6, 6.07) is 8.83. The molecule has 0 saturated carbocycles. The molecule has 0 aliphatic carbocycles.